The van der Waals surface area contributed by atoms with E-state index in [0.29, 0.717) is 37.6 Å². The fourth-order valence-electron chi connectivity index (χ4n) is 2.07. The van der Waals surface area contributed by atoms with Crippen LogP contribution in [0, 0.1) is 0 Å². The summed E-state index contributed by atoms with van der Waals surface area (Å²) in [6.07, 6.45) is 0. The van der Waals surface area contributed by atoms with Crippen molar-refractivity contribution in [3.8, 4) is 0 Å². The Morgan fingerprint density at radius 1 is 1.25 bits per heavy atom. The van der Waals surface area contributed by atoms with Gasteiger partial charge in [0, 0.05) is 13.1 Å². The van der Waals surface area contributed by atoms with Gasteiger partial charge < -0.3 is 20.3 Å². The van der Waals surface area contributed by atoms with Crippen LogP contribution < -0.4 is 10.6 Å². The first kappa shape index (κ1) is 14.5. The molecule has 2 N–H and O–H groups in total. The minimum atomic E-state index is -0.172. The van der Waals surface area contributed by atoms with Crippen LogP contribution in [0.15, 0.2) is 24.3 Å². The molecule has 1 fully saturated rings. The van der Waals surface area contributed by atoms with Gasteiger partial charge in [0.25, 0.3) is 5.91 Å². The van der Waals surface area contributed by atoms with Crippen molar-refractivity contribution in [1.29, 1.82) is 0 Å². The maximum absolute atomic E-state index is 12.5. The van der Waals surface area contributed by atoms with Crippen molar-refractivity contribution in [2.45, 2.75) is 0 Å². The maximum atomic E-state index is 12.5. The molecule has 1 heterocycles. The molecule has 20 heavy (non-hydrogen) atoms. The summed E-state index contributed by atoms with van der Waals surface area (Å²) in [7, 11) is 1.70. The second-order valence-electron chi connectivity index (χ2n) is 4.53. The molecule has 1 aromatic carbocycles. The Morgan fingerprint density at radius 3 is 2.65 bits per heavy atom. The van der Waals surface area contributed by atoms with E-state index in [1.807, 2.05) is 0 Å². The predicted octanol–water partition coefficient (Wildman–Crippen LogP) is 0.317. The van der Waals surface area contributed by atoms with Gasteiger partial charge in [-0.15, -0.1) is 0 Å². The molecule has 1 aromatic rings. The Morgan fingerprint density at radius 2 is 1.95 bits per heavy atom. The highest BCUT2D eigenvalue weighted by molar-refractivity contribution is 6.04. The molecule has 0 unspecified atom stereocenters. The quantitative estimate of drug-likeness (QED) is 0.831. The molecule has 2 rings (SSSR count). The fraction of sp³-hybridized carbons (Fsp3) is 0.429. The van der Waals surface area contributed by atoms with Crippen molar-refractivity contribution >= 4 is 17.5 Å². The van der Waals surface area contributed by atoms with Crippen LogP contribution in [-0.2, 0) is 9.53 Å². The van der Waals surface area contributed by atoms with Gasteiger partial charge in [0.2, 0.25) is 5.91 Å². The zero-order chi connectivity index (χ0) is 14.4. The monoisotopic (exact) mass is 277 g/mol. The van der Waals surface area contributed by atoms with Gasteiger partial charge in [0.15, 0.2) is 0 Å². The topological polar surface area (TPSA) is 70.7 Å². The number of nitrogens with zero attached hydrogens (tertiary/aromatic N) is 1. The number of morpholine rings is 1. The summed E-state index contributed by atoms with van der Waals surface area (Å²) in [6.45, 7) is 2.48. The Kier molecular flexibility index (Phi) is 5.09. The highest BCUT2D eigenvalue weighted by Gasteiger charge is 2.21. The number of hydrogen-bond acceptors (Lipinski definition) is 4. The minimum absolute atomic E-state index is 0.0753. The lowest BCUT2D eigenvalue weighted by molar-refractivity contribution is -0.115. The molecular formula is C14H19N3O3. The first-order valence-electron chi connectivity index (χ1n) is 6.63. The van der Waals surface area contributed by atoms with E-state index in [2.05, 4.69) is 10.6 Å². The van der Waals surface area contributed by atoms with Gasteiger partial charge in [0.1, 0.15) is 0 Å². The van der Waals surface area contributed by atoms with Gasteiger partial charge in [-0.3, -0.25) is 9.59 Å². The zero-order valence-corrected chi connectivity index (χ0v) is 11.5. The second-order valence-corrected chi connectivity index (χ2v) is 4.53. The number of likely N-dealkylation sites (N-methyl/N-ethyl adjacent to an activating group) is 1. The summed E-state index contributed by atoms with van der Waals surface area (Å²) in [5, 5.41) is 5.53. The number of hydrogen-bond donors (Lipinski definition) is 2. The number of carbonyl (C=O) groups is 2. The third-order valence-corrected chi connectivity index (χ3v) is 3.07. The Labute approximate surface area is 118 Å². The lowest BCUT2D eigenvalue weighted by atomic mass is 10.1. The molecule has 0 spiro atoms. The lowest BCUT2D eigenvalue weighted by Gasteiger charge is -2.27. The minimum Gasteiger partial charge on any atom is -0.378 e. The van der Waals surface area contributed by atoms with Crippen LogP contribution in [0.25, 0.3) is 0 Å². The van der Waals surface area contributed by atoms with Crippen LogP contribution in [0.2, 0.25) is 0 Å². The summed E-state index contributed by atoms with van der Waals surface area (Å²) >= 11 is 0. The van der Waals surface area contributed by atoms with Crippen molar-refractivity contribution < 1.29 is 14.3 Å². The van der Waals surface area contributed by atoms with Crippen LogP contribution in [0.5, 0.6) is 0 Å². The molecule has 6 nitrogen and oxygen atoms in total. The van der Waals surface area contributed by atoms with E-state index < -0.39 is 0 Å². The number of ether oxygens (including phenoxy) is 1. The van der Waals surface area contributed by atoms with Gasteiger partial charge in [0.05, 0.1) is 31.0 Å². The van der Waals surface area contributed by atoms with E-state index in [4.69, 9.17) is 4.74 Å². The van der Waals surface area contributed by atoms with Crippen LogP contribution in [0.1, 0.15) is 10.4 Å². The standard InChI is InChI=1S/C14H19N3O3/c1-15-10-13(18)16-12-5-3-2-4-11(12)14(19)17-6-8-20-9-7-17/h2-5,15H,6-10H2,1H3,(H,16,18). The molecule has 2 amide bonds. The summed E-state index contributed by atoms with van der Waals surface area (Å²) in [5.41, 5.74) is 1.06. The molecule has 0 radical (unpaired) electrons. The number of rotatable bonds is 4. The number of amides is 2. The van der Waals surface area contributed by atoms with E-state index >= 15 is 0 Å². The number of nitrogens with one attached hydrogen (secondary N) is 2. The molecule has 0 bridgehead atoms. The Balaban J connectivity index is 2.14. The number of carbonyl (C=O) groups excluding carboxylic acids is 2. The summed E-state index contributed by atoms with van der Waals surface area (Å²) in [6, 6.07) is 7.06. The number of anilines is 1. The first-order valence-corrected chi connectivity index (χ1v) is 6.63. The molecular weight excluding hydrogens is 258 g/mol. The largest absolute Gasteiger partial charge is 0.378 e. The van der Waals surface area contributed by atoms with Crippen LogP contribution in [-0.4, -0.2) is 56.6 Å². The molecule has 0 aliphatic carbocycles. The van der Waals surface area contributed by atoms with Crippen molar-refractivity contribution in [3.05, 3.63) is 29.8 Å². The molecule has 1 aliphatic rings. The predicted molar refractivity (Wildman–Crippen MR) is 75.7 cm³/mol. The molecule has 6 heteroatoms. The van der Waals surface area contributed by atoms with Gasteiger partial charge in [-0.2, -0.15) is 0 Å². The molecule has 0 aromatic heterocycles. The Hall–Kier alpha value is -1.92. The highest BCUT2D eigenvalue weighted by atomic mass is 16.5. The van der Waals surface area contributed by atoms with E-state index in [0.717, 1.165) is 0 Å². The van der Waals surface area contributed by atoms with E-state index in [1.165, 1.54) is 0 Å². The van der Waals surface area contributed by atoms with E-state index in [9.17, 15) is 9.59 Å². The number of benzene rings is 1. The first-order chi connectivity index (χ1) is 9.72. The highest BCUT2D eigenvalue weighted by Crippen LogP contribution is 2.18. The second kappa shape index (κ2) is 7.02. The third-order valence-electron chi connectivity index (χ3n) is 3.07. The van der Waals surface area contributed by atoms with E-state index in [-0.39, 0.29) is 18.4 Å². The van der Waals surface area contributed by atoms with Crippen molar-refractivity contribution in [2.24, 2.45) is 0 Å². The van der Waals surface area contributed by atoms with Gasteiger partial charge in [-0.1, -0.05) is 12.1 Å². The van der Waals surface area contributed by atoms with Crippen molar-refractivity contribution in [1.82, 2.24) is 10.2 Å². The summed E-state index contributed by atoms with van der Waals surface area (Å²) in [4.78, 5) is 25.9. The zero-order valence-electron chi connectivity index (χ0n) is 11.5. The summed E-state index contributed by atoms with van der Waals surface area (Å²) in [5.74, 6) is -0.247. The molecule has 0 atom stereocenters. The maximum Gasteiger partial charge on any atom is 0.256 e. The van der Waals surface area contributed by atoms with Crippen LogP contribution in [0.3, 0.4) is 0 Å². The van der Waals surface area contributed by atoms with Gasteiger partial charge >= 0.3 is 0 Å². The summed E-state index contributed by atoms with van der Waals surface area (Å²) < 4.78 is 5.24. The molecule has 1 aliphatic heterocycles. The van der Waals surface area contributed by atoms with Crippen LogP contribution >= 0.6 is 0 Å². The number of para-hydroxylation sites is 1. The van der Waals surface area contributed by atoms with Gasteiger partial charge in [-0.25, -0.2) is 0 Å². The molecule has 0 saturated carbocycles. The van der Waals surface area contributed by atoms with Gasteiger partial charge in [-0.05, 0) is 19.2 Å². The smallest absolute Gasteiger partial charge is 0.256 e. The SMILES string of the molecule is CNCC(=O)Nc1ccccc1C(=O)N1CCOCC1. The molecule has 1 saturated heterocycles. The Bertz CT molecular complexity index is 484. The van der Waals surface area contributed by atoms with Crippen molar-refractivity contribution in [2.75, 3.05) is 45.2 Å². The molecule has 108 valence electrons. The van der Waals surface area contributed by atoms with Crippen molar-refractivity contribution in [3.63, 3.8) is 0 Å². The lowest BCUT2D eigenvalue weighted by Crippen LogP contribution is -2.41. The third kappa shape index (κ3) is 3.55. The average molecular weight is 277 g/mol. The average Bonchev–Trinajstić information content (AvgIpc) is 2.48. The normalized spacial score (nSPS) is 14.9. The fourth-order valence-corrected chi connectivity index (χ4v) is 2.07. The van der Waals surface area contributed by atoms with Crippen LogP contribution in [0.4, 0.5) is 5.69 Å². The van der Waals surface area contributed by atoms with E-state index in [1.54, 1.807) is 36.2 Å².